The van der Waals surface area contributed by atoms with Gasteiger partial charge in [-0.3, -0.25) is 9.69 Å². The van der Waals surface area contributed by atoms with E-state index in [0.29, 0.717) is 18.6 Å². The Hall–Kier alpha value is -0.610. The lowest BCUT2D eigenvalue weighted by molar-refractivity contribution is -0.131. The smallest absolute Gasteiger partial charge is 0.236 e. The third kappa shape index (κ3) is 2.99. The normalized spacial score (nSPS) is 29.8. The number of hydrogen-bond acceptors (Lipinski definition) is 3. The zero-order valence-electron chi connectivity index (χ0n) is 11.1. The van der Waals surface area contributed by atoms with Gasteiger partial charge in [0, 0.05) is 25.7 Å². The van der Waals surface area contributed by atoms with Gasteiger partial charge in [0.15, 0.2) is 0 Å². The Bertz CT molecular complexity index is 263. The molecule has 2 aliphatic heterocycles. The first kappa shape index (κ1) is 12.8. The lowest BCUT2D eigenvalue weighted by Gasteiger charge is -2.30. The molecular weight excluding hydrogens is 214 g/mol. The zero-order chi connectivity index (χ0) is 12.3. The molecule has 0 radical (unpaired) electrons. The van der Waals surface area contributed by atoms with Crippen molar-refractivity contribution >= 4 is 5.91 Å². The summed E-state index contributed by atoms with van der Waals surface area (Å²) in [4.78, 5) is 16.2. The van der Waals surface area contributed by atoms with Crippen molar-refractivity contribution < 1.29 is 4.79 Å². The van der Waals surface area contributed by atoms with Gasteiger partial charge in [0.05, 0.1) is 6.54 Å². The average molecular weight is 239 g/mol. The van der Waals surface area contributed by atoms with Gasteiger partial charge in [0.2, 0.25) is 5.91 Å². The fraction of sp³-hybridized carbons (Fsp3) is 0.923. The summed E-state index contributed by atoms with van der Waals surface area (Å²) < 4.78 is 0. The number of amides is 1. The molecule has 2 atom stereocenters. The molecular formula is C13H25N3O. The summed E-state index contributed by atoms with van der Waals surface area (Å²) >= 11 is 0. The first-order chi connectivity index (χ1) is 8.22. The fourth-order valence-electron chi connectivity index (χ4n) is 3.01. The molecule has 0 spiro atoms. The molecule has 2 rings (SSSR count). The molecule has 4 nitrogen and oxygen atoms in total. The van der Waals surface area contributed by atoms with E-state index in [1.165, 1.54) is 25.7 Å². The van der Waals surface area contributed by atoms with Gasteiger partial charge >= 0.3 is 0 Å². The summed E-state index contributed by atoms with van der Waals surface area (Å²) in [7, 11) is 1.89. The Morgan fingerprint density at radius 3 is 2.88 bits per heavy atom. The van der Waals surface area contributed by atoms with Crippen LogP contribution in [0.25, 0.3) is 0 Å². The van der Waals surface area contributed by atoms with Crippen LogP contribution in [0.5, 0.6) is 0 Å². The van der Waals surface area contributed by atoms with Gasteiger partial charge in [0.1, 0.15) is 0 Å². The van der Waals surface area contributed by atoms with Crippen LogP contribution in [0.2, 0.25) is 0 Å². The van der Waals surface area contributed by atoms with Crippen LogP contribution in [-0.4, -0.2) is 61.0 Å². The molecule has 2 saturated heterocycles. The first-order valence-electron chi connectivity index (χ1n) is 6.93. The minimum atomic E-state index is 0.261. The van der Waals surface area contributed by atoms with Crippen LogP contribution < -0.4 is 5.32 Å². The van der Waals surface area contributed by atoms with Gasteiger partial charge in [0.25, 0.3) is 0 Å². The van der Waals surface area contributed by atoms with Gasteiger partial charge in [-0.25, -0.2) is 0 Å². The van der Waals surface area contributed by atoms with E-state index in [2.05, 4.69) is 10.2 Å². The summed E-state index contributed by atoms with van der Waals surface area (Å²) in [5.41, 5.74) is 0. The molecule has 2 fully saturated rings. The number of carbonyl (C=O) groups is 1. The predicted octanol–water partition coefficient (Wildman–Crippen LogP) is 0.681. The molecule has 0 aromatic carbocycles. The maximum absolute atomic E-state index is 12.0. The topological polar surface area (TPSA) is 35.6 Å². The van der Waals surface area contributed by atoms with Crippen LogP contribution in [0.4, 0.5) is 0 Å². The summed E-state index contributed by atoms with van der Waals surface area (Å²) in [6, 6.07) is 1.21. The number of hydrogen-bond donors (Lipinski definition) is 1. The molecule has 0 saturated carbocycles. The molecule has 2 heterocycles. The van der Waals surface area contributed by atoms with Gasteiger partial charge < -0.3 is 10.2 Å². The molecule has 1 amide bonds. The van der Waals surface area contributed by atoms with Crippen molar-refractivity contribution in [3.8, 4) is 0 Å². The SMILES string of the molecule is CCN(C)C(=O)CN1CCCC1C1CCCN1. The van der Waals surface area contributed by atoms with Gasteiger partial charge in [-0.1, -0.05) is 0 Å². The van der Waals surface area contributed by atoms with Crippen molar-refractivity contribution in [1.29, 1.82) is 0 Å². The molecule has 2 unspecified atom stereocenters. The average Bonchev–Trinajstić information content (AvgIpc) is 2.97. The molecule has 0 aromatic rings. The maximum atomic E-state index is 12.0. The number of nitrogens with zero attached hydrogens (tertiary/aromatic N) is 2. The number of likely N-dealkylation sites (tertiary alicyclic amines) is 1. The number of likely N-dealkylation sites (N-methyl/N-ethyl adjacent to an activating group) is 1. The fourth-order valence-corrected chi connectivity index (χ4v) is 3.01. The van der Waals surface area contributed by atoms with Gasteiger partial charge in [-0.2, -0.15) is 0 Å². The number of nitrogens with one attached hydrogen (secondary N) is 1. The quantitative estimate of drug-likeness (QED) is 0.784. The van der Waals surface area contributed by atoms with E-state index in [-0.39, 0.29) is 5.91 Å². The first-order valence-corrected chi connectivity index (χ1v) is 6.93. The van der Waals surface area contributed by atoms with Crippen molar-refractivity contribution in [2.45, 2.75) is 44.7 Å². The highest BCUT2D eigenvalue weighted by atomic mass is 16.2. The monoisotopic (exact) mass is 239 g/mol. The van der Waals surface area contributed by atoms with E-state index >= 15 is 0 Å². The second-order valence-corrected chi connectivity index (χ2v) is 5.29. The van der Waals surface area contributed by atoms with E-state index in [1.807, 2.05) is 18.9 Å². The van der Waals surface area contributed by atoms with Crippen molar-refractivity contribution in [2.75, 3.05) is 33.2 Å². The third-order valence-corrected chi connectivity index (χ3v) is 4.22. The minimum absolute atomic E-state index is 0.261. The predicted molar refractivity (Wildman–Crippen MR) is 68.9 cm³/mol. The number of rotatable bonds is 4. The molecule has 1 N–H and O–H groups in total. The molecule has 0 aromatic heterocycles. The largest absolute Gasteiger partial charge is 0.345 e. The summed E-state index contributed by atoms with van der Waals surface area (Å²) in [5.74, 6) is 0.261. The van der Waals surface area contributed by atoms with Crippen LogP contribution in [0, 0.1) is 0 Å². The van der Waals surface area contributed by atoms with Crippen molar-refractivity contribution in [1.82, 2.24) is 15.1 Å². The van der Waals surface area contributed by atoms with E-state index in [1.54, 1.807) is 0 Å². The standard InChI is InChI=1S/C13H25N3O/c1-3-15(2)13(17)10-16-9-5-7-12(16)11-6-4-8-14-11/h11-12,14H,3-10H2,1-2H3. The Morgan fingerprint density at radius 1 is 1.41 bits per heavy atom. The van der Waals surface area contributed by atoms with E-state index in [4.69, 9.17) is 0 Å². The summed E-state index contributed by atoms with van der Waals surface area (Å²) in [6.07, 6.45) is 5.06. The van der Waals surface area contributed by atoms with E-state index in [9.17, 15) is 4.79 Å². The van der Waals surface area contributed by atoms with Crippen molar-refractivity contribution in [3.63, 3.8) is 0 Å². The zero-order valence-corrected chi connectivity index (χ0v) is 11.1. The van der Waals surface area contributed by atoms with Crippen LogP contribution in [-0.2, 0) is 4.79 Å². The Labute approximate surface area is 104 Å². The van der Waals surface area contributed by atoms with Crippen molar-refractivity contribution in [3.05, 3.63) is 0 Å². The van der Waals surface area contributed by atoms with Gasteiger partial charge in [-0.15, -0.1) is 0 Å². The Kier molecular flexibility index (Phi) is 4.40. The Morgan fingerprint density at radius 2 is 2.24 bits per heavy atom. The van der Waals surface area contributed by atoms with E-state index < -0.39 is 0 Å². The molecule has 98 valence electrons. The van der Waals surface area contributed by atoms with Gasteiger partial charge in [-0.05, 0) is 45.7 Å². The van der Waals surface area contributed by atoms with Crippen LogP contribution >= 0.6 is 0 Å². The van der Waals surface area contributed by atoms with Crippen LogP contribution in [0.15, 0.2) is 0 Å². The second-order valence-electron chi connectivity index (χ2n) is 5.29. The molecule has 0 bridgehead atoms. The lowest BCUT2D eigenvalue weighted by Crippen LogP contribution is -2.47. The summed E-state index contributed by atoms with van der Waals surface area (Å²) in [5, 5.41) is 3.58. The highest BCUT2D eigenvalue weighted by molar-refractivity contribution is 5.78. The third-order valence-electron chi connectivity index (χ3n) is 4.22. The molecule has 4 heteroatoms. The maximum Gasteiger partial charge on any atom is 0.236 e. The highest BCUT2D eigenvalue weighted by Gasteiger charge is 2.34. The molecule has 2 aliphatic rings. The Balaban J connectivity index is 1.88. The van der Waals surface area contributed by atoms with Crippen LogP contribution in [0.3, 0.4) is 0 Å². The van der Waals surface area contributed by atoms with Crippen molar-refractivity contribution in [2.24, 2.45) is 0 Å². The lowest BCUT2D eigenvalue weighted by atomic mass is 10.0. The van der Waals surface area contributed by atoms with E-state index in [0.717, 1.165) is 19.6 Å². The molecule has 17 heavy (non-hydrogen) atoms. The second kappa shape index (κ2) is 5.83. The number of carbonyl (C=O) groups excluding carboxylic acids is 1. The summed E-state index contributed by atoms with van der Waals surface area (Å²) in [6.45, 7) is 5.67. The molecule has 0 aliphatic carbocycles. The highest BCUT2D eigenvalue weighted by Crippen LogP contribution is 2.24. The van der Waals surface area contributed by atoms with Crippen LogP contribution in [0.1, 0.15) is 32.6 Å². The minimum Gasteiger partial charge on any atom is -0.345 e.